The Morgan fingerprint density at radius 1 is 1.18 bits per heavy atom. The van der Waals surface area contributed by atoms with Crippen LogP contribution in [0.2, 0.25) is 0 Å². The van der Waals surface area contributed by atoms with Crippen molar-refractivity contribution >= 4 is 38.5 Å². The van der Waals surface area contributed by atoms with Gasteiger partial charge in [0.2, 0.25) is 15.9 Å². The number of oxazole rings is 1. The van der Waals surface area contributed by atoms with Gasteiger partial charge in [0.15, 0.2) is 5.58 Å². The highest BCUT2D eigenvalue weighted by atomic mass is 32.2. The van der Waals surface area contributed by atoms with Gasteiger partial charge >= 0.3 is 5.76 Å². The fourth-order valence-electron chi connectivity index (χ4n) is 3.70. The van der Waals surface area contributed by atoms with Gasteiger partial charge in [-0.25, -0.2) is 18.2 Å². The van der Waals surface area contributed by atoms with Gasteiger partial charge in [0.05, 0.1) is 22.3 Å². The second-order valence-electron chi connectivity index (χ2n) is 7.60. The average Bonchev–Trinajstić information content (AvgIpc) is 3.13. The zero-order valence-electron chi connectivity index (χ0n) is 18.0. The third-order valence-corrected chi connectivity index (χ3v) is 7.32. The summed E-state index contributed by atoms with van der Waals surface area (Å²) in [5, 5.41) is 13.4. The van der Waals surface area contributed by atoms with Crippen LogP contribution in [-0.2, 0) is 21.4 Å². The van der Waals surface area contributed by atoms with E-state index < -0.39 is 33.2 Å². The van der Waals surface area contributed by atoms with Gasteiger partial charge in [0.25, 0.3) is 5.69 Å². The van der Waals surface area contributed by atoms with Crippen LogP contribution in [0.25, 0.3) is 11.1 Å². The number of non-ortho nitro benzene ring substituents is 1. The number of nitrogens with zero attached hydrogens (tertiary/aromatic N) is 5. The van der Waals surface area contributed by atoms with E-state index in [0.29, 0.717) is 26.2 Å². The van der Waals surface area contributed by atoms with Gasteiger partial charge in [-0.1, -0.05) is 6.07 Å². The fourth-order valence-corrected chi connectivity index (χ4v) is 5.04. The van der Waals surface area contributed by atoms with Gasteiger partial charge in [-0.3, -0.25) is 19.5 Å². The minimum atomic E-state index is -3.58. The Bertz CT molecular complexity index is 1360. The Kier molecular flexibility index (Phi) is 6.61. The Balaban J connectivity index is 1.30. The molecular weight excluding hydrogens is 468 g/mol. The van der Waals surface area contributed by atoms with Crippen LogP contribution in [-0.4, -0.2) is 71.6 Å². The lowest BCUT2D eigenvalue weighted by Gasteiger charge is -2.34. The molecular formula is C20H22N6O7S. The molecule has 13 nitrogen and oxygen atoms in total. The summed E-state index contributed by atoms with van der Waals surface area (Å²) in [6, 6.07) is 9.18. The molecule has 0 saturated carbocycles. The van der Waals surface area contributed by atoms with Crippen LogP contribution in [0, 0.1) is 10.1 Å². The topological polar surface area (TPSA) is 161 Å². The lowest BCUT2D eigenvalue weighted by molar-refractivity contribution is -0.384. The molecule has 0 atom stereocenters. The molecule has 1 aromatic carbocycles. The molecule has 0 spiro atoms. The van der Waals surface area contributed by atoms with Gasteiger partial charge in [0.1, 0.15) is 12.4 Å². The van der Waals surface area contributed by atoms with Crippen LogP contribution in [0.15, 0.2) is 51.8 Å². The number of fused-ring (bicyclic) bond motifs is 1. The Labute approximate surface area is 193 Å². The number of carbonyl (C=O) groups excluding carboxylic acids is 1. The van der Waals surface area contributed by atoms with E-state index in [1.165, 1.54) is 16.4 Å². The van der Waals surface area contributed by atoms with Gasteiger partial charge in [-0.2, -0.15) is 4.31 Å². The molecule has 1 fully saturated rings. The van der Waals surface area contributed by atoms with Crippen molar-refractivity contribution < 1.29 is 22.6 Å². The number of nitro benzene ring substituents is 1. The highest BCUT2D eigenvalue weighted by molar-refractivity contribution is 7.89. The smallest absolute Gasteiger partial charge is 0.407 e. The molecule has 1 aliphatic heterocycles. The van der Waals surface area contributed by atoms with Crippen LogP contribution in [0.1, 0.15) is 0 Å². The van der Waals surface area contributed by atoms with E-state index in [0.717, 1.165) is 16.5 Å². The number of anilines is 1. The summed E-state index contributed by atoms with van der Waals surface area (Å²) in [5.41, 5.74) is -0.0347. The second-order valence-corrected chi connectivity index (χ2v) is 9.69. The number of piperazine rings is 1. The van der Waals surface area contributed by atoms with Gasteiger partial charge in [0, 0.05) is 45.0 Å². The van der Waals surface area contributed by atoms with Crippen LogP contribution in [0.3, 0.4) is 0 Å². The molecule has 2 aromatic heterocycles. The fraction of sp³-hybridized carbons (Fsp3) is 0.350. The van der Waals surface area contributed by atoms with E-state index in [-0.39, 0.29) is 29.1 Å². The maximum absolute atomic E-state index is 12.7. The summed E-state index contributed by atoms with van der Waals surface area (Å²) in [7, 11) is -3.58. The maximum atomic E-state index is 12.7. The first-order chi connectivity index (χ1) is 16.2. The van der Waals surface area contributed by atoms with Crippen molar-refractivity contribution in [3.8, 4) is 0 Å². The standard InChI is InChI=1S/C20H22N6O7S/c27-19(14-25-16-5-4-15(26(29)30)13-17(16)33-20(25)28)22-7-12-34(31,32)24-10-8-23(9-11-24)18-3-1-2-6-21-18/h1-6,13H,7-12,14H2,(H,22,27). The Morgan fingerprint density at radius 2 is 1.94 bits per heavy atom. The molecule has 0 bridgehead atoms. The minimum absolute atomic E-state index is 0.0144. The molecule has 1 N–H and O–H groups in total. The molecule has 1 saturated heterocycles. The second kappa shape index (κ2) is 9.61. The summed E-state index contributed by atoms with van der Waals surface area (Å²) >= 11 is 0. The summed E-state index contributed by atoms with van der Waals surface area (Å²) in [4.78, 5) is 40.9. The molecule has 1 aliphatic rings. The van der Waals surface area contributed by atoms with Crippen molar-refractivity contribution in [3.63, 3.8) is 0 Å². The molecule has 4 rings (SSSR count). The first-order valence-electron chi connectivity index (χ1n) is 10.4. The van der Waals surface area contributed by atoms with Crippen LogP contribution < -0.4 is 16.0 Å². The third-order valence-electron chi connectivity index (χ3n) is 5.45. The number of pyridine rings is 1. The van der Waals surface area contributed by atoms with Crippen LogP contribution in [0.4, 0.5) is 11.5 Å². The number of nitro groups is 1. The van der Waals surface area contributed by atoms with Gasteiger partial charge in [-0.05, 0) is 18.2 Å². The molecule has 0 aliphatic carbocycles. The van der Waals surface area contributed by atoms with E-state index in [1.807, 2.05) is 23.1 Å². The van der Waals surface area contributed by atoms with Crippen LogP contribution in [0.5, 0.6) is 0 Å². The van der Waals surface area contributed by atoms with E-state index in [9.17, 15) is 28.1 Å². The number of hydrogen-bond acceptors (Lipinski definition) is 9. The SMILES string of the molecule is O=C(Cn1c(=O)oc2cc([N+](=O)[O-])ccc21)NCCS(=O)(=O)N1CCN(c2ccccn2)CC1. The van der Waals surface area contributed by atoms with Crippen molar-refractivity contribution in [2.45, 2.75) is 6.54 Å². The monoisotopic (exact) mass is 490 g/mol. The highest BCUT2D eigenvalue weighted by Crippen LogP contribution is 2.20. The van der Waals surface area contributed by atoms with Crippen molar-refractivity contribution in [1.82, 2.24) is 19.2 Å². The molecule has 3 heterocycles. The lowest BCUT2D eigenvalue weighted by Crippen LogP contribution is -2.50. The number of carbonyl (C=O) groups is 1. The predicted molar refractivity (Wildman–Crippen MR) is 122 cm³/mol. The number of benzene rings is 1. The van der Waals surface area contributed by atoms with E-state index in [1.54, 1.807) is 6.20 Å². The van der Waals surface area contributed by atoms with E-state index >= 15 is 0 Å². The number of rotatable bonds is 8. The average molecular weight is 490 g/mol. The number of amides is 1. The zero-order chi connectivity index (χ0) is 24.3. The van der Waals surface area contributed by atoms with Crippen molar-refractivity contribution in [1.29, 1.82) is 0 Å². The van der Waals surface area contributed by atoms with Crippen molar-refractivity contribution in [3.05, 3.63) is 63.3 Å². The predicted octanol–water partition coefficient (Wildman–Crippen LogP) is 0.166. The van der Waals surface area contributed by atoms with E-state index in [4.69, 9.17) is 4.42 Å². The van der Waals surface area contributed by atoms with Gasteiger partial charge in [-0.15, -0.1) is 0 Å². The van der Waals surface area contributed by atoms with Crippen LogP contribution >= 0.6 is 0 Å². The first kappa shape index (κ1) is 23.4. The van der Waals surface area contributed by atoms with E-state index in [2.05, 4.69) is 10.3 Å². The molecule has 14 heteroatoms. The zero-order valence-corrected chi connectivity index (χ0v) is 18.8. The summed E-state index contributed by atoms with van der Waals surface area (Å²) in [5.74, 6) is -0.916. The highest BCUT2D eigenvalue weighted by Gasteiger charge is 2.27. The number of aromatic nitrogens is 2. The van der Waals surface area contributed by atoms with Crippen molar-refractivity contribution in [2.75, 3.05) is 43.4 Å². The Hall–Kier alpha value is -3.78. The molecule has 0 radical (unpaired) electrons. The molecule has 180 valence electrons. The summed E-state index contributed by atoms with van der Waals surface area (Å²) in [6.45, 7) is 1.11. The quantitative estimate of drug-likeness (QED) is 0.343. The normalized spacial score (nSPS) is 14.9. The minimum Gasteiger partial charge on any atom is -0.407 e. The number of sulfonamides is 1. The summed E-state index contributed by atoms with van der Waals surface area (Å²) < 4.78 is 32.7. The molecule has 0 unspecified atom stereocenters. The maximum Gasteiger partial charge on any atom is 0.420 e. The van der Waals surface area contributed by atoms with Crippen molar-refractivity contribution in [2.24, 2.45) is 0 Å². The molecule has 3 aromatic rings. The Morgan fingerprint density at radius 3 is 2.62 bits per heavy atom. The number of hydrogen-bond donors (Lipinski definition) is 1. The lowest BCUT2D eigenvalue weighted by atomic mass is 10.3. The third kappa shape index (κ3) is 5.07. The molecule has 1 amide bonds. The summed E-state index contributed by atoms with van der Waals surface area (Å²) in [6.07, 6.45) is 1.69. The number of nitrogens with one attached hydrogen (secondary N) is 1. The van der Waals surface area contributed by atoms with Gasteiger partial charge < -0.3 is 14.6 Å². The molecule has 34 heavy (non-hydrogen) atoms. The first-order valence-corrected chi connectivity index (χ1v) is 12.0. The largest absolute Gasteiger partial charge is 0.420 e.